The summed E-state index contributed by atoms with van der Waals surface area (Å²) in [5.74, 6) is -2.18. The number of nitrogens with zero attached hydrogens (tertiary/aromatic N) is 2. The summed E-state index contributed by atoms with van der Waals surface area (Å²) in [6, 6.07) is -0.451. The lowest BCUT2D eigenvalue weighted by Gasteiger charge is -2.08. The van der Waals surface area contributed by atoms with E-state index in [-0.39, 0.29) is 24.7 Å². The van der Waals surface area contributed by atoms with Gasteiger partial charge in [0.2, 0.25) is 5.91 Å². The van der Waals surface area contributed by atoms with Gasteiger partial charge in [-0.3, -0.25) is 9.89 Å². The van der Waals surface area contributed by atoms with Crippen molar-refractivity contribution in [2.45, 2.75) is 37.7 Å². The molecule has 1 aromatic heterocycles. The Morgan fingerprint density at radius 2 is 2.20 bits per heavy atom. The minimum atomic E-state index is -4.62. The second-order valence-corrected chi connectivity index (χ2v) is 4.72. The number of hydrogen-bond acceptors (Lipinski definition) is 5. The van der Waals surface area contributed by atoms with Crippen molar-refractivity contribution < 1.29 is 23.1 Å². The van der Waals surface area contributed by atoms with Crippen molar-refractivity contribution >= 4 is 5.91 Å². The van der Waals surface area contributed by atoms with E-state index in [1.54, 1.807) is 0 Å². The van der Waals surface area contributed by atoms with Crippen LogP contribution in [0.3, 0.4) is 0 Å². The van der Waals surface area contributed by atoms with E-state index in [2.05, 4.69) is 20.5 Å². The smallest absolute Gasteiger partial charge is 0.391 e. The molecule has 0 bridgehead atoms. The summed E-state index contributed by atoms with van der Waals surface area (Å²) in [5.41, 5.74) is 5.58. The first-order valence-electron chi connectivity index (χ1n) is 5.97. The zero-order valence-electron chi connectivity index (χ0n) is 10.3. The third-order valence-electron chi connectivity index (χ3n) is 3.16. The minimum absolute atomic E-state index is 0.0893. The topological polar surface area (TPSA) is 117 Å². The summed E-state index contributed by atoms with van der Waals surface area (Å²) in [4.78, 5) is 15.0. The molecule has 7 nitrogen and oxygen atoms in total. The van der Waals surface area contributed by atoms with E-state index < -0.39 is 30.1 Å². The molecule has 1 aromatic rings. The molecule has 0 unspecified atom stereocenters. The molecule has 10 heteroatoms. The van der Waals surface area contributed by atoms with Crippen molar-refractivity contribution in [2.24, 2.45) is 11.7 Å². The third kappa shape index (κ3) is 3.25. The summed E-state index contributed by atoms with van der Waals surface area (Å²) in [6.07, 6.45) is -4.76. The number of hydrogen-bond donors (Lipinski definition) is 4. The lowest BCUT2D eigenvalue weighted by Crippen LogP contribution is -2.30. The maximum absolute atomic E-state index is 12.3. The van der Waals surface area contributed by atoms with E-state index in [9.17, 15) is 23.1 Å². The molecule has 1 aliphatic carbocycles. The normalized spacial score (nSPS) is 26.8. The fourth-order valence-electron chi connectivity index (χ4n) is 2.08. The SMILES string of the molecule is N[C@H]1C[C@H](C(=O)NCc2nc(C(F)(F)F)n[nH]2)C[C@@H]1O. The van der Waals surface area contributed by atoms with Gasteiger partial charge in [-0.1, -0.05) is 0 Å². The third-order valence-corrected chi connectivity index (χ3v) is 3.16. The average Bonchev–Trinajstić information content (AvgIpc) is 2.94. The zero-order valence-corrected chi connectivity index (χ0v) is 10.3. The predicted octanol–water partition coefficient (Wildman–Crippen LogP) is -0.462. The van der Waals surface area contributed by atoms with E-state index in [1.807, 2.05) is 0 Å². The molecule has 1 amide bonds. The van der Waals surface area contributed by atoms with Crippen LogP contribution in [0, 0.1) is 5.92 Å². The number of aromatic nitrogens is 3. The minimum Gasteiger partial charge on any atom is -0.391 e. The molecular formula is C10H14F3N5O2. The Labute approximate surface area is 111 Å². The number of alkyl halides is 3. The van der Waals surface area contributed by atoms with Crippen molar-refractivity contribution in [1.29, 1.82) is 0 Å². The van der Waals surface area contributed by atoms with Crippen LogP contribution in [0.15, 0.2) is 0 Å². The van der Waals surface area contributed by atoms with Crippen LogP contribution in [-0.4, -0.2) is 38.3 Å². The molecule has 2 rings (SSSR count). The van der Waals surface area contributed by atoms with Gasteiger partial charge in [-0.2, -0.15) is 13.2 Å². The van der Waals surface area contributed by atoms with Crippen LogP contribution >= 0.6 is 0 Å². The summed E-state index contributed by atoms with van der Waals surface area (Å²) in [7, 11) is 0. The summed E-state index contributed by atoms with van der Waals surface area (Å²) in [6.45, 7) is -0.191. The van der Waals surface area contributed by atoms with Gasteiger partial charge < -0.3 is 16.2 Å². The molecule has 5 N–H and O–H groups in total. The van der Waals surface area contributed by atoms with E-state index in [1.165, 1.54) is 0 Å². The monoisotopic (exact) mass is 293 g/mol. The number of rotatable bonds is 3. The van der Waals surface area contributed by atoms with Crippen LogP contribution in [0.1, 0.15) is 24.5 Å². The first-order chi connectivity index (χ1) is 9.27. The maximum atomic E-state index is 12.3. The lowest BCUT2D eigenvalue weighted by atomic mass is 10.1. The molecule has 0 aromatic carbocycles. The number of H-pyrrole nitrogens is 1. The summed E-state index contributed by atoms with van der Waals surface area (Å²) in [5, 5.41) is 17.0. The van der Waals surface area contributed by atoms with E-state index in [4.69, 9.17) is 5.73 Å². The number of nitrogens with two attached hydrogens (primary N) is 1. The van der Waals surface area contributed by atoms with Crippen LogP contribution in [-0.2, 0) is 17.5 Å². The molecule has 1 heterocycles. The van der Waals surface area contributed by atoms with Crippen molar-refractivity contribution in [3.05, 3.63) is 11.6 Å². The Morgan fingerprint density at radius 3 is 2.70 bits per heavy atom. The molecule has 0 saturated heterocycles. The number of carbonyl (C=O) groups excluding carboxylic acids is 1. The first kappa shape index (κ1) is 14.7. The molecule has 3 atom stereocenters. The maximum Gasteiger partial charge on any atom is 0.453 e. The molecule has 1 fully saturated rings. The fraction of sp³-hybridized carbons (Fsp3) is 0.700. The quantitative estimate of drug-likeness (QED) is 0.601. The Hall–Kier alpha value is -1.68. The van der Waals surface area contributed by atoms with Gasteiger partial charge >= 0.3 is 6.18 Å². The van der Waals surface area contributed by atoms with Crippen LogP contribution in [0.5, 0.6) is 0 Å². The number of aromatic amines is 1. The molecular weight excluding hydrogens is 279 g/mol. The Bertz CT molecular complexity index is 479. The Kier molecular flexibility index (Phi) is 3.95. The van der Waals surface area contributed by atoms with Gasteiger partial charge in [0.15, 0.2) is 0 Å². The van der Waals surface area contributed by atoms with Gasteiger partial charge in [0, 0.05) is 12.0 Å². The summed E-state index contributed by atoms with van der Waals surface area (Å²) >= 11 is 0. The van der Waals surface area contributed by atoms with Gasteiger partial charge in [-0.25, -0.2) is 4.98 Å². The van der Waals surface area contributed by atoms with Crippen LogP contribution in [0.2, 0.25) is 0 Å². The van der Waals surface area contributed by atoms with Crippen molar-refractivity contribution in [1.82, 2.24) is 20.5 Å². The standard InChI is InChI=1S/C10H14F3N5O2/c11-10(12,13)9-16-7(17-18-9)3-15-8(20)4-1-5(14)6(19)2-4/h4-6,19H,1-3,14H2,(H,15,20)(H,16,17,18)/t4-,5-,6-/m0/s1. The van der Waals surface area contributed by atoms with Gasteiger partial charge in [-0.05, 0) is 12.8 Å². The Balaban J connectivity index is 1.86. The Morgan fingerprint density at radius 1 is 1.50 bits per heavy atom. The second kappa shape index (κ2) is 5.37. The molecule has 0 radical (unpaired) electrons. The predicted molar refractivity (Wildman–Crippen MR) is 59.9 cm³/mol. The second-order valence-electron chi connectivity index (χ2n) is 4.72. The highest BCUT2D eigenvalue weighted by Crippen LogP contribution is 2.26. The highest BCUT2D eigenvalue weighted by atomic mass is 19.4. The summed E-state index contributed by atoms with van der Waals surface area (Å²) < 4.78 is 36.8. The van der Waals surface area contributed by atoms with Crippen molar-refractivity contribution in [3.63, 3.8) is 0 Å². The molecule has 1 aliphatic rings. The van der Waals surface area contributed by atoms with Crippen LogP contribution in [0.25, 0.3) is 0 Å². The molecule has 20 heavy (non-hydrogen) atoms. The molecule has 0 spiro atoms. The van der Waals surface area contributed by atoms with E-state index >= 15 is 0 Å². The van der Waals surface area contributed by atoms with Gasteiger partial charge in [0.25, 0.3) is 5.82 Å². The van der Waals surface area contributed by atoms with Gasteiger partial charge in [0.1, 0.15) is 5.82 Å². The van der Waals surface area contributed by atoms with Gasteiger partial charge in [0.05, 0.1) is 12.6 Å². The lowest BCUT2D eigenvalue weighted by molar-refractivity contribution is -0.144. The molecule has 112 valence electrons. The number of aliphatic hydroxyl groups excluding tert-OH is 1. The molecule has 1 saturated carbocycles. The highest BCUT2D eigenvalue weighted by Gasteiger charge is 2.36. The van der Waals surface area contributed by atoms with E-state index in [0.717, 1.165) is 0 Å². The number of aliphatic hydroxyl groups is 1. The van der Waals surface area contributed by atoms with Crippen LogP contribution < -0.4 is 11.1 Å². The number of halogens is 3. The number of carbonyl (C=O) groups is 1. The van der Waals surface area contributed by atoms with Crippen LogP contribution in [0.4, 0.5) is 13.2 Å². The highest BCUT2D eigenvalue weighted by molar-refractivity contribution is 5.79. The zero-order chi connectivity index (χ0) is 14.9. The number of nitrogens with one attached hydrogen (secondary N) is 2. The average molecular weight is 293 g/mol. The molecule has 0 aliphatic heterocycles. The number of amides is 1. The largest absolute Gasteiger partial charge is 0.453 e. The fourth-order valence-corrected chi connectivity index (χ4v) is 2.08. The first-order valence-corrected chi connectivity index (χ1v) is 5.97. The van der Waals surface area contributed by atoms with Gasteiger partial charge in [-0.15, -0.1) is 5.10 Å². The van der Waals surface area contributed by atoms with Crippen molar-refractivity contribution in [2.75, 3.05) is 0 Å². The van der Waals surface area contributed by atoms with E-state index in [0.29, 0.717) is 6.42 Å². The van der Waals surface area contributed by atoms with Crippen molar-refractivity contribution in [3.8, 4) is 0 Å².